The van der Waals surface area contributed by atoms with Gasteiger partial charge in [0.2, 0.25) is 5.91 Å². The fraction of sp³-hybridized carbons (Fsp3) is 0.0750. The minimum atomic E-state index is -0.581. The summed E-state index contributed by atoms with van der Waals surface area (Å²) < 4.78 is 5.76. The second kappa shape index (κ2) is 15.7. The number of hydrogen-bond acceptors (Lipinski definition) is 5. The molecule has 49 heavy (non-hydrogen) atoms. The second-order valence-electron chi connectivity index (χ2n) is 11.0. The largest absolute Gasteiger partial charge is 0.493 e. The Labute approximate surface area is 288 Å². The summed E-state index contributed by atoms with van der Waals surface area (Å²) in [7, 11) is 0. The molecule has 4 N–H and O–H groups in total. The molecule has 0 aliphatic carbocycles. The number of benzene rings is 5. The van der Waals surface area contributed by atoms with Gasteiger partial charge in [-0.1, -0.05) is 78.9 Å². The summed E-state index contributed by atoms with van der Waals surface area (Å²) in [6, 6.07) is 40.5. The lowest BCUT2D eigenvalue weighted by molar-refractivity contribution is -0.116. The Balaban J connectivity index is 1.24. The number of aromatic amines is 1. The molecule has 0 fully saturated rings. The lowest BCUT2D eigenvalue weighted by atomic mass is 10.1. The molecular formula is C40H34N4O4S. The maximum Gasteiger partial charge on any atom is 0.272 e. The van der Waals surface area contributed by atoms with Crippen molar-refractivity contribution in [2.75, 3.05) is 17.2 Å². The molecule has 1 aromatic heterocycles. The molecule has 0 saturated heterocycles. The van der Waals surface area contributed by atoms with Gasteiger partial charge in [0.25, 0.3) is 11.8 Å². The van der Waals surface area contributed by atoms with Crippen LogP contribution in [0.25, 0.3) is 17.0 Å². The Bertz CT molecular complexity index is 2110. The molecule has 0 radical (unpaired) electrons. The van der Waals surface area contributed by atoms with Crippen molar-refractivity contribution in [2.24, 2.45) is 0 Å². The molecule has 5 aromatic carbocycles. The Kier molecular flexibility index (Phi) is 10.5. The molecule has 0 spiro atoms. The molecule has 0 bridgehead atoms. The molecular weight excluding hydrogens is 633 g/mol. The summed E-state index contributed by atoms with van der Waals surface area (Å²) >= 11 is 1.37. The summed E-state index contributed by atoms with van der Waals surface area (Å²) in [4.78, 5) is 44.6. The fourth-order valence-electron chi connectivity index (χ4n) is 5.20. The van der Waals surface area contributed by atoms with Gasteiger partial charge in [-0.25, -0.2) is 0 Å². The van der Waals surface area contributed by atoms with Crippen LogP contribution in [0.4, 0.5) is 11.4 Å². The summed E-state index contributed by atoms with van der Waals surface area (Å²) in [6.07, 6.45) is 3.46. The van der Waals surface area contributed by atoms with Crippen molar-refractivity contribution < 1.29 is 19.1 Å². The number of nitrogens with one attached hydrogen (secondary N) is 4. The number of H-pyrrole nitrogens is 1. The number of amides is 3. The highest BCUT2D eigenvalue weighted by molar-refractivity contribution is 8.00. The fourth-order valence-corrected chi connectivity index (χ4v) is 6.28. The Morgan fingerprint density at radius 1 is 0.776 bits per heavy atom. The normalized spacial score (nSPS) is 11.8. The minimum Gasteiger partial charge on any atom is -0.493 e. The molecule has 1 heterocycles. The molecule has 0 aliphatic heterocycles. The first kappa shape index (κ1) is 32.9. The van der Waals surface area contributed by atoms with Crippen LogP contribution in [-0.4, -0.2) is 29.3 Å². The standard InChI is InChI=1S/C40H34N4O4S/c1-2-48-36-19-10-9-16-30(36)24-35(44-38(45)29-14-7-4-8-15-29)39(46)42-31-17-11-18-33(25-31)49-37(28-12-5-3-6-13-28)40(47)43-32-21-20-27-22-23-41-34(27)26-32/h3-26,37,41H,2H2,1H3,(H,42,46)(H,43,47)(H,44,45)/b35-24+. The van der Waals surface area contributed by atoms with E-state index in [1.807, 2.05) is 116 Å². The molecule has 6 rings (SSSR count). The van der Waals surface area contributed by atoms with E-state index < -0.39 is 17.1 Å². The number of anilines is 2. The zero-order chi connectivity index (χ0) is 34.0. The Morgan fingerprint density at radius 2 is 1.51 bits per heavy atom. The number of fused-ring (bicyclic) bond motifs is 1. The van der Waals surface area contributed by atoms with Crippen LogP contribution in [0.1, 0.15) is 33.7 Å². The highest BCUT2D eigenvalue weighted by Crippen LogP contribution is 2.37. The highest BCUT2D eigenvalue weighted by atomic mass is 32.2. The van der Waals surface area contributed by atoms with Gasteiger partial charge in [0.15, 0.2) is 0 Å². The summed E-state index contributed by atoms with van der Waals surface area (Å²) in [6.45, 7) is 2.32. The molecule has 9 heteroatoms. The first-order valence-electron chi connectivity index (χ1n) is 15.8. The number of para-hydroxylation sites is 1. The SMILES string of the molecule is CCOc1ccccc1/C=C(/NC(=O)c1ccccc1)C(=O)Nc1cccc(SC(C(=O)Nc2ccc3cc[nH]c3c2)c2ccccc2)c1. The molecule has 6 aromatic rings. The van der Waals surface area contributed by atoms with Crippen LogP contribution in [0, 0.1) is 0 Å². The van der Waals surface area contributed by atoms with Crippen molar-refractivity contribution in [1.82, 2.24) is 10.3 Å². The van der Waals surface area contributed by atoms with Gasteiger partial charge < -0.3 is 25.7 Å². The Morgan fingerprint density at radius 3 is 2.31 bits per heavy atom. The predicted molar refractivity (Wildman–Crippen MR) is 197 cm³/mol. The van der Waals surface area contributed by atoms with Gasteiger partial charge in [-0.15, -0.1) is 11.8 Å². The van der Waals surface area contributed by atoms with Gasteiger partial charge in [0.1, 0.15) is 16.7 Å². The lowest BCUT2D eigenvalue weighted by Gasteiger charge is -2.18. The zero-order valence-corrected chi connectivity index (χ0v) is 27.5. The third kappa shape index (κ3) is 8.46. The van der Waals surface area contributed by atoms with E-state index in [-0.39, 0.29) is 11.6 Å². The number of rotatable bonds is 12. The van der Waals surface area contributed by atoms with E-state index in [0.29, 0.717) is 34.9 Å². The molecule has 1 unspecified atom stereocenters. The van der Waals surface area contributed by atoms with Crippen molar-refractivity contribution in [1.29, 1.82) is 0 Å². The van der Waals surface area contributed by atoms with E-state index in [1.165, 1.54) is 11.8 Å². The van der Waals surface area contributed by atoms with E-state index >= 15 is 0 Å². The van der Waals surface area contributed by atoms with Crippen molar-refractivity contribution in [2.45, 2.75) is 17.1 Å². The number of aromatic nitrogens is 1. The number of ether oxygens (including phenoxy) is 1. The smallest absolute Gasteiger partial charge is 0.272 e. The lowest BCUT2D eigenvalue weighted by Crippen LogP contribution is -2.30. The molecule has 1 atom stereocenters. The first-order chi connectivity index (χ1) is 24.0. The topological polar surface area (TPSA) is 112 Å². The highest BCUT2D eigenvalue weighted by Gasteiger charge is 2.23. The summed E-state index contributed by atoms with van der Waals surface area (Å²) in [5, 5.41) is 9.25. The van der Waals surface area contributed by atoms with E-state index in [0.717, 1.165) is 21.4 Å². The molecule has 244 valence electrons. The average Bonchev–Trinajstić information content (AvgIpc) is 3.60. The molecule has 0 saturated carbocycles. The van der Waals surface area contributed by atoms with Gasteiger partial charge in [-0.3, -0.25) is 14.4 Å². The van der Waals surface area contributed by atoms with Crippen LogP contribution < -0.4 is 20.7 Å². The van der Waals surface area contributed by atoms with Gasteiger partial charge in [-0.2, -0.15) is 0 Å². The van der Waals surface area contributed by atoms with Gasteiger partial charge in [0.05, 0.1) is 6.61 Å². The molecule has 8 nitrogen and oxygen atoms in total. The van der Waals surface area contributed by atoms with E-state index in [9.17, 15) is 14.4 Å². The van der Waals surface area contributed by atoms with Crippen molar-refractivity contribution >= 4 is 57.8 Å². The quantitative estimate of drug-likeness (QED) is 0.0774. The minimum absolute atomic E-state index is 0.0413. The summed E-state index contributed by atoms with van der Waals surface area (Å²) in [5.74, 6) is -0.541. The number of carbonyl (C=O) groups is 3. The third-order valence-corrected chi connectivity index (χ3v) is 8.80. The molecule has 0 aliphatic rings. The van der Waals surface area contributed by atoms with Crippen LogP contribution >= 0.6 is 11.8 Å². The molecule has 3 amide bonds. The van der Waals surface area contributed by atoms with Crippen LogP contribution in [0.15, 0.2) is 150 Å². The van der Waals surface area contributed by atoms with Crippen molar-refractivity contribution in [3.05, 3.63) is 162 Å². The predicted octanol–water partition coefficient (Wildman–Crippen LogP) is 8.45. The van der Waals surface area contributed by atoms with E-state index in [2.05, 4.69) is 20.9 Å². The average molecular weight is 667 g/mol. The Hall–Kier alpha value is -6.06. The maximum atomic E-state index is 13.8. The van der Waals surface area contributed by atoms with Crippen LogP contribution in [0.3, 0.4) is 0 Å². The second-order valence-corrected chi connectivity index (χ2v) is 12.2. The number of hydrogen-bond donors (Lipinski definition) is 4. The monoisotopic (exact) mass is 666 g/mol. The van der Waals surface area contributed by atoms with E-state index in [4.69, 9.17) is 4.74 Å². The van der Waals surface area contributed by atoms with Crippen LogP contribution in [0.2, 0.25) is 0 Å². The number of thioether (sulfide) groups is 1. The summed E-state index contributed by atoms with van der Waals surface area (Å²) in [5.41, 5.74) is 4.04. The van der Waals surface area contributed by atoms with Crippen molar-refractivity contribution in [3.8, 4) is 5.75 Å². The van der Waals surface area contributed by atoms with Crippen LogP contribution in [-0.2, 0) is 9.59 Å². The van der Waals surface area contributed by atoms with Crippen LogP contribution in [0.5, 0.6) is 5.75 Å². The number of carbonyl (C=O) groups excluding carboxylic acids is 3. The maximum absolute atomic E-state index is 13.8. The van der Waals surface area contributed by atoms with Gasteiger partial charge >= 0.3 is 0 Å². The first-order valence-corrected chi connectivity index (χ1v) is 16.7. The zero-order valence-electron chi connectivity index (χ0n) is 26.7. The van der Waals surface area contributed by atoms with Gasteiger partial charge in [-0.05, 0) is 78.5 Å². The van der Waals surface area contributed by atoms with E-state index in [1.54, 1.807) is 36.4 Å². The third-order valence-electron chi connectivity index (χ3n) is 7.56. The van der Waals surface area contributed by atoms with Gasteiger partial charge in [0, 0.05) is 39.1 Å². The van der Waals surface area contributed by atoms with Crippen molar-refractivity contribution in [3.63, 3.8) is 0 Å².